The second-order valence-electron chi connectivity index (χ2n) is 4.20. The van der Waals surface area contributed by atoms with Crippen molar-refractivity contribution in [1.82, 2.24) is 10.4 Å². The molecule has 0 spiro atoms. The first-order valence-corrected chi connectivity index (χ1v) is 5.95. The number of nitrogens with zero attached hydrogens (tertiary/aromatic N) is 1. The lowest BCUT2D eigenvalue weighted by atomic mass is 10.1. The maximum absolute atomic E-state index is 12.0. The van der Waals surface area contributed by atoms with Crippen LogP contribution in [0.2, 0.25) is 0 Å². The first-order chi connectivity index (χ1) is 8.66. The largest absolute Gasteiger partial charge is 0.352 e. The molecule has 0 aromatic heterocycles. The molecular weight excluding hydrogens is 232 g/mol. The standard InChI is InChI=1S/C13H16N2O3/c1-10(16)14-9-11-3-5-12(6-4-11)13(17)15-7-2-8-18-15/h3-6H,2,7-9H2,1H3,(H,14,16). The lowest BCUT2D eigenvalue weighted by Gasteiger charge is -2.13. The van der Waals surface area contributed by atoms with Gasteiger partial charge in [-0.05, 0) is 24.1 Å². The number of hydrogen-bond donors (Lipinski definition) is 1. The summed E-state index contributed by atoms with van der Waals surface area (Å²) in [6.45, 7) is 3.20. The number of nitrogens with one attached hydrogen (secondary N) is 1. The molecule has 1 saturated heterocycles. The van der Waals surface area contributed by atoms with Gasteiger partial charge < -0.3 is 5.32 Å². The topological polar surface area (TPSA) is 58.6 Å². The first-order valence-electron chi connectivity index (χ1n) is 5.95. The van der Waals surface area contributed by atoms with E-state index in [-0.39, 0.29) is 11.8 Å². The molecule has 1 aliphatic heterocycles. The monoisotopic (exact) mass is 248 g/mol. The number of carbonyl (C=O) groups excluding carboxylic acids is 2. The minimum Gasteiger partial charge on any atom is -0.352 e. The molecule has 1 fully saturated rings. The summed E-state index contributed by atoms with van der Waals surface area (Å²) in [5.41, 5.74) is 1.56. The highest BCUT2D eigenvalue weighted by molar-refractivity contribution is 5.93. The van der Waals surface area contributed by atoms with Crippen LogP contribution >= 0.6 is 0 Å². The van der Waals surface area contributed by atoms with Crippen molar-refractivity contribution in [2.45, 2.75) is 19.9 Å². The maximum Gasteiger partial charge on any atom is 0.277 e. The van der Waals surface area contributed by atoms with E-state index in [0.29, 0.717) is 25.3 Å². The van der Waals surface area contributed by atoms with Gasteiger partial charge in [0, 0.05) is 19.0 Å². The number of benzene rings is 1. The summed E-state index contributed by atoms with van der Waals surface area (Å²) in [6, 6.07) is 7.17. The summed E-state index contributed by atoms with van der Waals surface area (Å²) in [6.07, 6.45) is 0.881. The molecule has 1 aromatic carbocycles. The predicted molar refractivity (Wildman–Crippen MR) is 65.6 cm³/mol. The Balaban J connectivity index is 1.98. The Bertz CT molecular complexity index is 436. The predicted octanol–water partition coefficient (Wildman–Crippen LogP) is 1.10. The van der Waals surface area contributed by atoms with Crippen LogP contribution in [0.5, 0.6) is 0 Å². The van der Waals surface area contributed by atoms with Gasteiger partial charge in [0.1, 0.15) is 0 Å². The molecule has 0 aliphatic carbocycles. The quantitative estimate of drug-likeness (QED) is 0.871. The highest BCUT2D eigenvalue weighted by Crippen LogP contribution is 2.12. The van der Waals surface area contributed by atoms with E-state index in [1.807, 2.05) is 12.1 Å². The molecule has 1 heterocycles. The van der Waals surface area contributed by atoms with E-state index in [9.17, 15) is 9.59 Å². The lowest BCUT2D eigenvalue weighted by Crippen LogP contribution is -2.26. The van der Waals surface area contributed by atoms with Gasteiger partial charge in [-0.3, -0.25) is 14.4 Å². The van der Waals surface area contributed by atoms with Crippen LogP contribution < -0.4 is 5.32 Å². The second kappa shape index (κ2) is 5.64. The minimum absolute atomic E-state index is 0.0689. The summed E-state index contributed by atoms with van der Waals surface area (Å²) in [5.74, 6) is -0.181. The molecule has 0 bridgehead atoms. The third-order valence-corrected chi connectivity index (χ3v) is 2.72. The zero-order chi connectivity index (χ0) is 13.0. The fourth-order valence-corrected chi connectivity index (χ4v) is 1.74. The molecule has 1 N–H and O–H groups in total. The minimum atomic E-state index is -0.112. The summed E-state index contributed by atoms with van der Waals surface area (Å²) < 4.78 is 0. The number of hydroxylamine groups is 2. The van der Waals surface area contributed by atoms with E-state index in [2.05, 4.69) is 5.32 Å². The Hall–Kier alpha value is -1.88. The van der Waals surface area contributed by atoms with Crippen LogP contribution in [0.1, 0.15) is 29.3 Å². The molecule has 5 nitrogen and oxygen atoms in total. The van der Waals surface area contributed by atoms with Crippen LogP contribution in [-0.2, 0) is 16.2 Å². The molecular formula is C13H16N2O3. The highest BCUT2D eigenvalue weighted by atomic mass is 16.7. The van der Waals surface area contributed by atoms with Crippen molar-refractivity contribution in [3.8, 4) is 0 Å². The Morgan fingerprint density at radius 2 is 2.06 bits per heavy atom. The van der Waals surface area contributed by atoms with Crippen molar-refractivity contribution >= 4 is 11.8 Å². The molecule has 5 heteroatoms. The molecule has 0 unspecified atom stereocenters. The van der Waals surface area contributed by atoms with Crippen molar-refractivity contribution in [3.05, 3.63) is 35.4 Å². The SMILES string of the molecule is CC(=O)NCc1ccc(C(=O)N2CCCO2)cc1. The first kappa shape index (κ1) is 12.6. The highest BCUT2D eigenvalue weighted by Gasteiger charge is 2.20. The number of amides is 2. The van der Waals surface area contributed by atoms with Gasteiger partial charge in [-0.1, -0.05) is 12.1 Å². The van der Waals surface area contributed by atoms with Gasteiger partial charge in [-0.25, -0.2) is 5.06 Å². The van der Waals surface area contributed by atoms with Crippen LogP contribution in [0.4, 0.5) is 0 Å². The Morgan fingerprint density at radius 1 is 1.33 bits per heavy atom. The van der Waals surface area contributed by atoms with E-state index in [1.54, 1.807) is 12.1 Å². The van der Waals surface area contributed by atoms with Crippen LogP contribution in [0.25, 0.3) is 0 Å². The Kier molecular flexibility index (Phi) is 3.94. The zero-order valence-corrected chi connectivity index (χ0v) is 10.3. The summed E-state index contributed by atoms with van der Waals surface area (Å²) in [5, 5.41) is 4.10. The molecule has 18 heavy (non-hydrogen) atoms. The van der Waals surface area contributed by atoms with Gasteiger partial charge in [0.15, 0.2) is 0 Å². The van der Waals surface area contributed by atoms with Crippen LogP contribution in [0.15, 0.2) is 24.3 Å². The van der Waals surface area contributed by atoms with Gasteiger partial charge >= 0.3 is 0 Å². The van der Waals surface area contributed by atoms with Crippen molar-refractivity contribution in [3.63, 3.8) is 0 Å². The molecule has 0 saturated carbocycles. The van der Waals surface area contributed by atoms with E-state index in [1.165, 1.54) is 12.0 Å². The summed E-state index contributed by atoms with van der Waals surface area (Å²) >= 11 is 0. The second-order valence-corrected chi connectivity index (χ2v) is 4.20. The molecule has 96 valence electrons. The van der Waals surface area contributed by atoms with E-state index < -0.39 is 0 Å². The zero-order valence-electron chi connectivity index (χ0n) is 10.3. The van der Waals surface area contributed by atoms with Crippen molar-refractivity contribution in [2.75, 3.05) is 13.2 Å². The van der Waals surface area contributed by atoms with Gasteiger partial charge in [0.05, 0.1) is 13.2 Å². The van der Waals surface area contributed by atoms with Crippen LogP contribution in [0.3, 0.4) is 0 Å². The third-order valence-electron chi connectivity index (χ3n) is 2.72. The normalized spacial score (nSPS) is 14.6. The van der Waals surface area contributed by atoms with Gasteiger partial charge in [0.25, 0.3) is 5.91 Å². The molecule has 0 radical (unpaired) electrons. The Labute approximate surface area is 106 Å². The van der Waals surface area contributed by atoms with Crippen molar-refractivity contribution in [1.29, 1.82) is 0 Å². The third kappa shape index (κ3) is 3.07. The average Bonchev–Trinajstić information content (AvgIpc) is 2.90. The van der Waals surface area contributed by atoms with E-state index in [0.717, 1.165) is 12.0 Å². The molecule has 0 atom stereocenters. The fourth-order valence-electron chi connectivity index (χ4n) is 1.74. The maximum atomic E-state index is 12.0. The molecule has 1 aromatic rings. The number of hydrogen-bond acceptors (Lipinski definition) is 3. The van der Waals surface area contributed by atoms with Crippen LogP contribution in [-0.4, -0.2) is 30.0 Å². The fraction of sp³-hybridized carbons (Fsp3) is 0.385. The smallest absolute Gasteiger partial charge is 0.277 e. The molecule has 1 aliphatic rings. The van der Waals surface area contributed by atoms with Crippen LogP contribution in [0, 0.1) is 0 Å². The van der Waals surface area contributed by atoms with E-state index >= 15 is 0 Å². The average molecular weight is 248 g/mol. The van der Waals surface area contributed by atoms with E-state index in [4.69, 9.17) is 4.84 Å². The Morgan fingerprint density at radius 3 is 2.61 bits per heavy atom. The summed E-state index contributed by atoms with van der Waals surface area (Å²) in [7, 11) is 0. The molecule has 2 amide bonds. The van der Waals surface area contributed by atoms with Gasteiger partial charge in [-0.15, -0.1) is 0 Å². The van der Waals surface area contributed by atoms with Crippen molar-refractivity contribution in [2.24, 2.45) is 0 Å². The van der Waals surface area contributed by atoms with Crippen molar-refractivity contribution < 1.29 is 14.4 Å². The lowest BCUT2D eigenvalue weighted by molar-refractivity contribution is -0.119. The number of rotatable bonds is 3. The summed E-state index contributed by atoms with van der Waals surface area (Å²) in [4.78, 5) is 27.9. The number of carbonyl (C=O) groups is 2. The van der Waals surface area contributed by atoms with Gasteiger partial charge in [0.2, 0.25) is 5.91 Å². The molecule has 2 rings (SSSR count). The van der Waals surface area contributed by atoms with Gasteiger partial charge in [-0.2, -0.15) is 0 Å².